The minimum Gasteiger partial charge on any atom is -0.494 e. The summed E-state index contributed by atoms with van der Waals surface area (Å²) in [6.45, 7) is 4.49. The van der Waals surface area contributed by atoms with E-state index in [0.29, 0.717) is 17.3 Å². The van der Waals surface area contributed by atoms with E-state index in [4.69, 9.17) is 21.6 Å². The zero-order valence-corrected chi connectivity index (χ0v) is 14.6. The zero-order valence-electron chi connectivity index (χ0n) is 13.8. The number of ether oxygens (including phenoxy) is 1. The molecule has 23 heavy (non-hydrogen) atoms. The van der Waals surface area contributed by atoms with Crippen molar-refractivity contribution in [1.82, 2.24) is 9.47 Å². The fraction of sp³-hybridized carbons (Fsp3) is 0.389. The van der Waals surface area contributed by atoms with Crippen LogP contribution in [0.2, 0.25) is 5.02 Å². The maximum atomic E-state index is 9.08. The van der Waals surface area contributed by atoms with Crippen LogP contribution in [0.4, 0.5) is 0 Å². The van der Waals surface area contributed by atoms with Gasteiger partial charge in [-0.25, -0.2) is 0 Å². The second-order valence-corrected chi connectivity index (χ2v) is 6.14. The molecule has 0 saturated carbocycles. The molecule has 1 aromatic heterocycles. The summed E-state index contributed by atoms with van der Waals surface area (Å²) in [6.07, 6.45) is 0.941. The first kappa shape index (κ1) is 17.4. The van der Waals surface area contributed by atoms with Crippen LogP contribution in [0.5, 0.6) is 5.75 Å². The Morgan fingerprint density at radius 3 is 2.61 bits per heavy atom. The molecule has 2 rings (SSSR count). The number of nitriles is 1. The van der Waals surface area contributed by atoms with Gasteiger partial charge >= 0.3 is 0 Å². The van der Waals surface area contributed by atoms with Crippen molar-refractivity contribution in [2.45, 2.75) is 19.9 Å². The number of aromatic nitrogens is 1. The first-order valence-electron chi connectivity index (χ1n) is 7.63. The largest absolute Gasteiger partial charge is 0.494 e. The van der Waals surface area contributed by atoms with E-state index in [1.165, 1.54) is 5.56 Å². The molecule has 0 amide bonds. The van der Waals surface area contributed by atoms with Crippen LogP contribution in [0.1, 0.15) is 23.4 Å². The Labute approximate surface area is 142 Å². The van der Waals surface area contributed by atoms with Gasteiger partial charge in [0.05, 0.1) is 6.61 Å². The molecule has 0 fully saturated rings. The molecule has 1 heterocycles. The van der Waals surface area contributed by atoms with Crippen molar-refractivity contribution in [3.8, 4) is 11.8 Å². The van der Waals surface area contributed by atoms with Crippen LogP contribution in [0, 0.1) is 18.3 Å². The monoisotopic (exact) mass is 331 g/mol. The van der Waals surface area contributed by atoms with Gasteiger partial charge in [0, 0.05) is 30.9 Å². The highest BCUT2D eigenvalue weighted by Crippen LogP contribution is 2.17. The molecule has 0 radical (unpaired) electrons. The van der Waals surface area contributed by atoms with Crippen molar-refractivity contribution < 1.29 is 4.74 Å². The molecule has 0 aliphatic carbocycles. The lowest BCUT2D eigenvalue weighted by atomic mass is 10.2. The molecule has 4 nitrogen and oxygen atoms in total. The molecule has 0 bridgehead atoms. The van der Waals surface area contributed by atoms with Gasteiger partial charge in [0.2, 0.25) is 0 Å². The van der Waals surface area contributed by atoms with Gasteiger partial charge in [-0.2, -0.15) is 5.26 Å². The van der Waals surface area contributed by atoms with Gasteiger partial charge in [-0.15, -0.1) is 0 Å². The molecule has 1 aromatic carbocycles. The molecule has 0 aliphatic rings. The minimum absolute atomic E-state index is 0.670. The highest BCUT2D eigenvalue weighted by atomic mass is 35.5. The minimum atomic E-state index is 0.670. The highest BCUT2D eigenvalue weighted by Gasteiger charge is 2.10. The first-order chi connectivity index (χ1) is 11.0. The molecule has 0 unspecified atom stereocenters. The summed E-state index contributed by atoms with van der Waals surface area (Å²) in [5.41, 5.74) is 3.05. The van der Waals surface area contributed by atoms with Crippen LogP contribution < -0.4 is 4.74 Å². The number of halogens is 1. The number of hydrogen-bond acceptors (Lipinski definition) is 3. The Morgan fingerprint density at radius 1 is 1.30 bits per heavy atom. The quantitative estimate of drug-likeness (QED) is 0.725. The van der Waals surface area contributed by atoms with Crippen molar-refractivity contribution in [1.29, 1.82) is 5.26 Å². The Hall–Kier alpha value is -1.96. The van der Waals surface area contributed by atoms with Crippen LogP contribution in [-0.4, -0.2) is 29.7 Å². The molecule has 0 spiro atoms. The smallest absolute Gasteiger partial charge is 0.120 e. The lowest BCUT2D eigenvalue weighted by Crippen LogP contribution is -2.21. The second-order valence-electron chi connectivity index (χ2n) is 5.70. The second kappa shape index (κ2) is 8.05. The number of hydrogen-bond donors (Lipinski definition) is 0. The number of rotatable bonds is 7. The Morgan fingerprint density at radius 2 is 2.00 bits per heavy atom. The third-order valence-corrected chi connectivity index (χ3v) is 4.21. The molecule has 0 atom stereocenters. The van der Waals surface area contributed by atoms with Crippen LogP contribution >= 0.6 is 11.6 Å². The molecule has 0 N–H and O–H groups in total. The number of benzene rings is 1. The first-order valence-corrected chi connectivity index (χ1v) is 8.01. The SMILES string of the molecule is Cc1c(CN(C)CCCOc2ccc(Cl)cc2)cc(C#N)n1C. The maximum absolute atomic E-state index is 9.08. The highest BCUT2D eigenvalue weighted by molar-refractivity contribution is 6.30. The van der Waals surface area contributed by atoms with Crippen molar-refractivity contribution in [2.24, 2.45) is 7.05 Å². The van der Waals surface area contributed by atoms with Gasteiger partial charge in [-0.1, -0.05) is 11.6 Å². The van der Waals surface area contributed by atoms with Crippen molar-refractivity contribution in [3.05, 3.63) is 52.3 Å². The van der Waals surface area contributed by atoms with Crippen molar-refractivity contribution in [2.75, 3.05) is 20.2 Å². The predicted octanol–water partition coefficient (Wildman–Crippen LogP) is 3.76. The van der Waals surface area contributed by atoms with Crippen LogP contribution in [0.15, 0.2) is 30.3 Å². The van der Waals surface area contributed by atoms with Gasteiger partial charge in [0.1, 0.15) is 17.5 Å². The molecule has 5 heteroatoms. The summed E-state index contributed by atoms with van der Waals surface area (Å²) in [4.78, 5) is 2.24. The van der Waals surface area contributed by atoms with Gasteiger partial charge in [0.25, 0.3) is 0 Å². The Kier molecular flexibility index (Phi) is 6.09. The molecule has 0 aliphatic heterocycles. The summed E-state index contributed by atoms with van der Waals surface area (Å²) >= 11 is 5.84. The lowest BCUT2D eigenvalue weighted by molar-refractivity contribution is 0.258. The van der Waals surface area contributed by atoms with E-state index in [2.05, 4.69) is 18.0 Å². The maximum Gasteiger partial charge on any atom is 0.120 e. The van der Waals surface area contributed by atoms with E-state index >= 15 is 0 Å². The Bertz CT molecular complexity index is 686. The van der Waals surface area contributed by atoms with E-state index in [1.807, 2.05) is 48.9 Å². The third kappa shape index (κ3) is 4.75. The predicted molar refractivity (Wildman–Crippen MR) is 92.8 cm³/mol. The normalized spacial score (nSPS) is 10.8. The van der Waals surface area contributed by atoms with Gasteiger partial charge in [0.15, 0.2) is 0 Å². The van der Waals surface area contributed by atoms with Crippen molar-refractivity contribution >= 4 is 11.6 Å². The summed E-state index contributed by atoms with van der Waals surface area (Å²) in [6, 6.07) is 11.6. The van der Waals surface area contributed by atoms with Crippen LogP contribution in [-0.2, 0) is 13.6 Å². The Balaban J connectivity index is 1.76. The van der Waals surface area contributed by atoms with Crippen molar-refractivity contribution in [3.63, 3.8) is 0 Å². The van der Waals surface area contributed by atoms with Crippen LogP contribution in [0.25, 0.3) is 0 Å². The average molecular weight is 332 g/mol. The molecular weight excluding hydrogens is 310 g/mol. The van der Waals surface area contributed by atoms with E-state index in [-0.39, 0.29) is 0 Å². The zero-order chi connectivity index (χ0) is 16.8. The fourth-order valence-corrected chi connectivity index (χ4v) is 2.58. The van der Waals surface area contributed by atoms with Crippen LogP contribution in [0.3, 0.4) is 0 Å². The summed E-state index contributed by atoms with van der Waals surface area (Å²) in [7, 11) is 4.01. The molecule has 122 valence electrons. The van der Waals surface area contributed by atoms with E-state index < -0.39 is 0 Å². The van der Waals surface area contributed by atoms with Gasteiger partial charge in [-0.05, 0) is 56.3 Å². The molecule has 0 saturated heterocycles. The number of nitrogens with zero attached hydrogens (tertiary/aromatic N) is 3. The van der Waals surface area contributed by atoms with Gasteiger partial charge < -0.3 is 14.2 Å². The van der Waals surface area contributed by atoms with E-state index in [0.717, 1.165) is 31.0 Å². The molecular formula is C18H22ClN3O. The van der Waals surface area contributed by atoms with E-state index in [9.17, 15) is 0 Å². The summed E-state index contributed by atoms with van der Waals surface area (Å²) in [5.74, 6) is 0.842. The summed E-state index contributed by atoms with van der Waals surface area (Å²) in [5, 5.41) is 9.79. The summed E-state index contributed by atoms with van der Waals surface area (Å²) < 4.78 is 7.63. The average Bonchev–Trinajstić information content (AvgIpc) is 2.81. The lowest BCUT2D eigenvalue weighted by Gasteiger charge is -2.17. The fourth-order valence-electron chi connectivity index (χ4n) is 2.45. The standard InChI is InChI=1S/C18H22ClN3O/c1-14-15(11-17(12-20)22(14)3)13-21(2)9-4-10-23-18-7-5-16(19)6-8-18/h5-8,11H,4,9-10,13H2,1-3H3. The topological polar surface area (TPSA) is 41.2 Å². The van der Waals surface area contributed by atoms with Gasteiger partial charge in [-0.3, -0.25) is 0 Å². The molecule has 2 aromatic rings. The van der Waals surface area contributed by atoms with E-state index in [1.54, 1.807) is 0 Å². The third-order valence-electron chi connectivity index (χ3n) is 3.96.